The molecule has 1 fully saturated rings. The van der Waals surface area contributed by atoms with Gasteiger partial charge in [-0.1, -0.05) is 23.2 Å². The number of carboxylic acids is 1. The Morgan fingerprint density at radius 1 is 1.59 bits per heavy atom. The third-order valence-electron chi connectivity index (χ3n) is 3.42. The van der Waals surface area contributed by atoms with Crippen LogP contribution in [0.25, 0.3) is 0 Å². The first-order valence-corrected chi connectivity index (χ1v) is 6.22. The Bertz CT molecular complexity index is 460. The Kier molecular flexibility index (Phi) is 3.32. The van der Waals surface area contributed by atoms with Gasteiger partial charge in [-0.2, -0.15) is 0 Å². The zero-order valence-electron chi connectivity index (χ0n) is 9.41. The second-order valence-electron chi connectivity index (χ2n) is 4.77. The van der Waals surface area contributed by atoms with Crippen LogP contribution in [-0.2, 0) is 11.2 Å². The first-order chi connectivity index (χ1) is 7.93. The van der Waals surface area contributed by atoms with E-state index in [4.69, 9.17) is 23.2 Å². The van der Waals surface area contributed by atoms with Gasteiger partial charge in [-0.15, -0.1) is 0 Å². The number of aromatic nitrogens is 1. The fraction of sp³-hybridized carbons (Fsp3) is 0.500. The van der Waals surface area contributed by atoms with Gasteiger partial charge in [0, 0.05) is 11.2 Å². The van der Waals surface area contributed by atoms with E-state index in [1.54, 1.807) is 19.2 Å². The van der Waals surface area contributed by atoms with Crippen molar-refractivity contribution in [1.82, 2.24) is 4.98 Å². The molecule has 0 radical (unpaired) electrons. The molecular formula is C12H13Cl2NO2. The van der Waals surface area contributed by atoms with Gasteiger partial charge in [0.15, 0.2) is 0 Å². The summed E-state index contributed by atoms with van der Waals surface area (Å²) < 4.78 is 0. The predicted octanol–water partition coefficient (Wildman–Crippen LogP) is 3.43. The molecule has 1 N–H and O–H groups in total. The molecule has 1 heterocycles. The lowest BCUT2D eigenvalue weighted by molar-refractivity contribution is -0.149. The van der Waals surface area contributed by atoms with Crippen molar-refractivity contribution in [1.29, 1.82) is 0 Å². The van der Waals surface area contributed by atoms with Crippen molar-refractivity contribution in [3.05, 3.63) is 28.0 Å². The fourth-order valence-corrected chi connectivity index (χ4v) is 2.51. The first-order valence-electron chi connectivity index (χ1n) is 5.47. The van der Waals surface area contributed by atoms with Crippen LogP contribution in [0.4, 0.5) is 0 Å². The van der Waals surface area contributed by atoms with Crippen molar-refractivity contribution >= 4 is 29.2 Å². The molecule has 0 amide bonds. The number of hydrogen-bond donors (Lipinski definition) is 1. The van der Waals surface area contributed by atoms with Gasteiger partial charge in [0.25, 0.3) is 0 Å². The summed E-state index contributed by atoms with van der Waals surface area (Å²) in [4.78, 5) is 15.3. The van der Waals surface area contributed by atoms with Crippen molar-refractivity contribution in [2.75, 3.05) is 0 Å². The van der Waals surface area contributed by atoms with Gasteiger partial charge < -0.3 is 5.11 Å². The van der Waals surface area contributed by atoms with Crippen LogP contribution in [0.2, 0.25) is 10.2 Å². The standard InChI is InChI=1S/C12H13Cl2NO2/c1-12(11(16)17,8-2-3-8)5-7-6-15-10(14)4-9(7)13/h4,6,8H,2-3,5H2,1H3,(H,16,17). The number of nitrogens with zero attached hydrogens (tertiary/aromatic N) is 1. The Hall–Kier alpha value is -0.800. The maximum atomic E-state index is 11.4. The van der Waals surface area contributed by atoms with Gasteiger partial charge in [0.05, 0.1) is 5.41 Å². The molecule has 0 aliphatic heterocycles. The maximum Gasteiger partial charge on any atom is 0.309 e. The minimum atomic E-state index is -0.772. The number of carboxylic acid groups (broad SMARTS) is 1. The summed E-state index contributed by atoms with van der Waals surface area (Å²) in [5.74, 6) is -0.530. The van der Waals surface area contributed by atoms with Gasteiger partial charge in [-0.05, 0) is 43.7 Å². The van der Waals surface area contributed by atoms with Crippen LogP contribution in [0.5, 0.6) is 0 Å². The van der Waals surface area contributed by atoms with Crippen molar-refractivity contribution in [3.8, 4) is 0 Å². The number of carbonyl (C=O) groups is 1. The molecule has 92 valence electrons. The van der Waals surface area contributed by atoms with E-state index in [2.05, 4.69) is 4.98 Å². The normalized spacial score (nSPS) is 18.8. The highest BCUT2D eigenvalue weighted by Gasteiger charge is 2.47. The van der Waals surface area contributed by atoms with Crippen LogP contribution in [-0.4, -0.2) is 16.1 Å². The molecule has 2 rings (SSSR count). The molecule has 0 saturated heterocycles. The lowest BCUT2D eigenvalue weighted by atomic mass is 9.79. The molecule has 1 aromatic rings. The molecule has 1 unspecified atom stereocenters. The van der Waals surface area contributed by atoms with E-state index in [9.17, 15) is 9.90 Å². The van der Waals surface area contributed by atoms with Crippen LogP contribution < -0.4 is 0 Å². The van der Waals surface area contributed by atoms with Crippen molar-refractivity contribution in [2.45, 2.75) is 26.2 Å². The predicted molar refractivity (Wildman–Crippen MR) is 66.4 cm³/mol. The van der Waals surface area contributed by atoms with Crippen molar-refractivity contribution in [3.63, 3.8) is 0 Å². The zero-order valence-corrected chi connectivity index (χ0v) is 10.9. The molecular weight excluding hydrogens is 261 g/mol. The maximum absolute atomic E-state index is 11.4. The van der Waals surface area contributed by atoms with Crippen molar-refractivity contribution in [2.24, 2.45) is 11.3 Å². The van der Waals surface area contributed by atoms with Gasteiger partial charge in [0.2, 0.25) is 0 Å². The number of aliphatic carboxylic acids is 1. The molecule has 1 aliphatic rings. The Balaban J connectivity index is 2.26. The Labute approximate surface area is 110 Å². The molecule has 1 aromatic heterocycles. The first kappa shape index (κ1) is 12.7. The topological polar surface area (TPSA) is 50.2 Å². The zero-order chi connectivity index (χ0) is 12.6. The molecule has 1 atom stereocenters. The minimum Gasteiger partial charge on any atom is -0.481 e. The van der Waals surface area contributed by atoms with Crippen LogP contribution >= 0.6 is 23.2 Å². The average Bonchev–Trinajstić information content (AvgIpc) is 3.05. The van der Waals surface area contributed by atoms with Gasteiger partial charge >= 0.3 is 5.97 Å². The summed E-state index contributed by atoms with van der Waals surface area (Å²) >= 11 is 11.8. The average molecular weight is 274 g/mol. The summed E-state index contributed by atoms with van der Waals surface area (Å²) in [6.45, 7) is 1.78. The lowest BCUT2D eigenvalue weighted by Gasteiger charge is -2.24. The second kappa shape index (κ2) is 4.46. The monoisotopic (exact) mass is 273 g/mol. The molecule has 1 saturated carbocycles. The van der Waals surface area contributed by atoms with Gasteiger partial charge in [0.1, 0.15) is 5.15 Å². The van der Waals surface area contributed by atoms with Gasteiger partial charge in [-0.3, -0.25) is 4.79 Å². The number of hydrogen-bond acceptors (Lipinski definition) is 2. The van der Waals surface area contributed by atoms with E-state index < -0.39 is 11.4 Å². The van der Waals surface area contributed by atoms with Crippen LogP contribution in [0, 0.1) is 11.3 Å². The third-order valence-corrected chi connectivity index (χ3v) is 3.98. The van der Waals surface area contributed by atoms with E-state index in [-0.39, 0.29) is 5.92 Å². The molecule has 0 spiro atoms. The smallest absolute Gasteiger partial charge is 0.309 e. The number of halogens is 2. The van der Waals surface area contributed by atoms with Crippen molar-refractivity contribution < 1.29 is 9.90 Å². The SMILES string of the molecule is CC(Cc1cnc(Cl)cc1Cl)(C(=O)O)C1CC1. The van der Waals surface area contributed by atoms with Crippen LogP contribution in [0.1, 0.15) is 25.3 Å². The van der Waals surface area contributed by atoms with Crippen LogP contribution in [0.15, 0.2) is 12.3 Å². The van der Waals surface area contributed by atoms with E-state index in [0.717, 1.165) is 18.4 Å². The highest BCUT2D eigenvalue weighted by atomic mass is 35.5. The van der Waals surface area contributed by atoms with E-state index in [1.165, 1.54) is 0 Å². The lowest BCUT2D eigenvalue weighted by Crippen LogP contribution is -2.32. The Morgan fingerprint density at radius 2 is 2.24 bits per heavy atom. The summed E-state index contributed by atoms with van der Waals surface area (Å²) in [6, 6.07) is 1.55. The molecule has 17 heavy (non-hydrogen) atoms. The number of pyridine rings is 1. The summed E-state index contributed by atoms with van der Waals surface area (Å²) in [6.07, 6.45) is 3.91. The molecule has 1 aliphatic carbocycles. The van der Waals surface area contributed by atoms with E-state index in [1.807, 2.05) is 0 Å². The molecule has 0 aromatic carbocycles. The van der Waals surface area contributed by atoms with Gasteiger partial charge in [-0.25, -0.2) is 4.98 Å². The van der Waals surface area contributed by atoms with Crippen LogP contribution in [0.3, 0.4) is 0 Å². The molecule has 0 bridgehead atoms. The van der Waals surface area contributed by atoms with E-state index >= 15 is 0 Å². The highest BCUT2D eigenvalue weighted by molar-refractivity contribution is 6.34. The quantitative estimate of drug-likeness (QED) is 0.856. The fourth-order valence-electron chi connectivity index (χ4n) is 2.08. The second-order valence-corrected chi connectivity index (χ2v) is 5.57. The largest absolute Gasteiger partial charge is 0.481 e. The molecule has 3 nitrogen and oxygen atoms in total. The minimum absolute atomic E-state index is 0.242. The summed E-state index contributed by atoms with van der Waals surface area (Å²) in [5, 5.41) is 10.2. The summed E-state index contributed by atoms with van der Waals surface area (Å²) in [7, 11) is 0. The third kappa shape index (κ3) is 2.55. The van der Waals surface area contributed by atoms with E-state index in [0.29, 0.717) is 16.6 Å². The number of rotatable bonds is 4. The Morgan fingerprint density at radius 3 is 2.71 bits per heavy atom. The summed E-state index contributed by atoms with van der Waals surface area (Å²) in [5.41, 5.74) is -0.00745. The highest BCUT2D eigenvalue weighted by Crippen LogP contribution is 2.48. The molecule has 5 heteroatoms.